The van der Waals surface area contributed by atoms with E-state index >= 15 is 0 Å². The summed E-state index contributed by atoms with van der Waals surface area (Å²) in [5.74, 6) is 2.00. The lowest BCUT2D eigenvalue weighted by molar-refractivity contribution is 0.477. The molecule has 0 aliphatic heterocycles. The molecule has 15 heavy (non-hydrogen) atoms. The van der Waals surface area contributed by atoms with Crippen molar-refractivity contribution in [2.24, 2.45) is 0 Å². The molecule has 0 saturated carbocycles. The van der Waals surface area contributed by atoms with Crippen LogP contribution in [-0.4, -0.2) is 20.1 Å². The first-order valence-electron chi connectivity index (χ1n) is 4.64. The standard InChI is InChI=1S/C11H11N3O/c1-7-12-8(2)14-11(13-7)9-5-3-4-6-10(9)15/h3-6,15H,1-2H3. The molecule has 0 radical (unpaired) electrons. The fourth-order valence-corrected chi connectivity index (χ4v) is 1.40. The summed E-state index contributed by atoms with van der Waals surface area (Å²) < 4.78 is 0. The van der Waals surface area contributed by atoms with Crippen LogP contribution >= 0.6 is 0 Å². The molecule has 2 rings (SSSR count). The molecule has 0 fully saturated rings. The van der Waals surface area contributed by atoms with Crippen molar-refractivity contribution in [1.82, 2.24) is 15.0 Å². The van der Waals surface area contributed by atoms with E-state index in [2.05, 4.69) is 15.0 Å². The van der Waals surface area contributed by atoms with Crippen LogP contribution in [0.4, 0.5) is 0 Å². The smallest absolute Gasteiger partial charge is 0.167 e. The SMILES string of the molecule is Cc1nc(C)nc(-c2ccccc2O)n1. The summed E-state index contributed by atoms with van der Waals surface area (Å²) in [6, 6.07) is 7.00. The zero-order valence-electron chi connectivity index (χ0n) is 8.60. The van der Waals surface area contributed by atoms with E-state index in [0.29, 0.717) is 23.0 Å². The second-order valence-electron chi connectivity index (χ2n) is 3.27. The molecular formula is C11H11N3O. The van der Waals surface area contributed by atoms with Gasteiger partial charge in [-0.15, -0.1) is 0 Å². The van der Waals surface area contributed by atoms with Gasteiger partial charge in [-0.3, -0.25) is 0 Å². The quantitative estimate of drug-likeness (QED) is 0.765. The maximum atomic E-state index is 9.65. The van der Waals surface area contributed by atoms with E-state index in [1.807, 2.05) is 6.07 Å². The van der Waals surface area contributed by atoms with Gasteiger partial charge in [0, 0.05) is 0 Å². The Kier molecular flexibility index (Phi) is 2.33. The molecule has 4 heteroatoms. The van der Waals surface area contributed by atoms with E-state index in [-0.39, 0.29) is 5.75 Å². The average Bonchev–Trinajstić information content (AvgIpc) is 2.16. The van der Waals surface area contributed by atoms with Gasteiger partial charge in [-0.2, -0.15) is 0 Å². The highest BCUT2D eigenvalue weighted by molar-refractivity contribution is 5.63. The molecule has 0 aliphatic carbocycles. The maximum Gasteiger partial charge on any atom is 0.167 e. The Balaban J connectivity index is 2.59. The van der Waals surface area contributed by atoms with Crippen molar-refractivity contribution in [2.45, 2.75) is 13.8 Å². The zero-order chi connectivity index (χ0) is 10.8. The van der Waals surface area contributed by atoms with Gasteiger partial charge in [0.25, 0.3) is 0 Å². The van der Waals surface area contributed by atoms with Gasteiger partial charge in [0.2, 0.25) is 0 Å². The fraction of sp³-hybridized carbons (Fsp3) is 0.182. The normalized spacial score (nSPS) is 10.3. The van der Waals surface area contributed by atoms with Crippen molar-refractivity contribution in [2.75, 3.05) is 0 Å². The molecule has 4 nitrogen and oxygen atoms in total. The molecule has 0 spiro atoms. The number of phenols is 1. The molecule has 0 unspecified atom stereocenters. The second kappa shape index (κ2) is 3.65. The van der Waals surface area contributed by atoms with Crippen LogP contribution in [0.2, 0.25) is 0 Å². The van der Waals surface area contributed by atoms with Gasteiger partial charge < -0.3 is 5.11 Å². The van der Waals surface area contributed by atoms with Crippen molar-refractivity contribution in [3.8, 4) is 17.1 Å². The molecular weight excluding hydrogens is 190 g/mol. The highest BCUT2D eigenvalue weighted by Crippen LogP contribution is 2.25. The Hall–Kier alpha value is -1.97. The molecule has 0 saturated heterocycles. The number of rotatable bonds is 1. The maximum absolute atomic E-state index is 9.65. The van der Waals surface area contributed by atoms with Gasteiger partial charge in [-0.1, -0.05) is 12.1 Å². The summed E-state index contributed by atoms with van der Waals surface area (Å²) in [6.07, 6.45) is 0. The van der Waals surface area contributed by atoms with Crippen LogP contribution in [0.1, 0.15) is 11.6 Å². The lowest BCUT2D eigenvalue weighted by atomic mass is 10.2. The first kappa shape index (κ1) is 9.58. The van der Waals surface area contributed by atoms with E-state index in [4.69, 9.17) is 0 Å². The topological polar surface area (TPSA) is 58.9 Å². The number of hydrogen-bond donors (Lipinski definition) is 1. The fourth-order valence-electron chi connectivity index (χ4n) is 1.40. The number of benzene rings is 1. The predicted octanol–water partition coefficient (Wildman–Crippen LogP) is 1.86. The molecule has 1 aromatic heterocycles. The summed E-state index contributed by atoms with van der Waals surface area (Å²) in [4.78, 5) is 12.5. The van der Waals surface area contributed by atoms with Crippen LogP contribution in [0.5, 0.6) is 5.75 Å². The van der Waals surface area contributed by atoms with Gasteiger partial charge in [0.05, 0.1) is 5.56 Å². The number of aryl methyl sites for hydroxylation is 2. The van der Waals surface area contributed by atoms with Gasteiger partial charge in [0.15, 0.2) is 5.82 Å². The van der Waals surface area contributed by atoms with Crippen LogP contribution < -0.4 is 0 Å². The summed E-state index contributed by atoms with van der Waals surface area (Å²) in [6.45, 7) is 3.61. The molecule has 1 aromatic carbocycles. The third kappa shape index (κ3) is 1.93. The highest BCUT2D eigenvalue weighted by Gasteiger charge is 2.07. The molecule has 0 bridgehead atoms. The van der Waals surface area contributed by atoms with E-state index in [1.54, 1.807) is 32.0 Å². The number of hydrogen-bond acceptors (Lipinski definition) is 4. The zero-order valence-corrected chi connectivity index (χ0v) is 8.60. The van der Waals surface area contributed by atoms with E-state index in [9.17, 15) is 5.11 Å². The number of aromatic hydroxyl groups is 1. The minimum absolute atomic E-state index is 0.183. The second-order valence-corrected chi connectivity index (χ2v) is 3.27. The van der Waals surface area contributed by atoms with Crippen molar-refractivity contribution in [1.29, 1.82) is 0 Å². The average molecular weight is 201 g/mol. The van der Waals surface area contributed by atoms with Crippen LogP contribution in [0.25, 0.3) is 11.4 Å². The Morgan fingerprint density at radius 1 is 0.933 bits per heavy atom. The number of phenolic OH excluding ortho intramolecular Hbond substituents is 1. The van der Waals surface area contributed by atoms with E-state index in [0.717, 1.165) is 0 Å². The van der Waals surface area contributed by atoms with Gasteiger partial charge in [-0.05, 0) is 26.0 Å². The molecule has 76 valence electrons. The first-order chi connectivity index (χ1) is 7.16. The van der Waals surface area contributed by atoms with Crippen molar-refractivity contribution in [3.05, 3.63) is 35.9 Å². The van der Waals surface area contributed by atoms with Crippen LogP contribution in [-0.2, 0) is 0 Å². The van der Waals surface area contributed by atoms with Gasteiger partial charge in [-0.25, -0.2) is 15.0 Å². The number of aromatic nitrogens is 3. The predicted molar refractivity (Wildman–Crippen MR) is 56.4 cm³/mol. The first-order valence-corrected chi connectivity index (χ1v) is 4.64. The minimum Gasteiger partial charge on any atom is -0.507 e. The third-order valence-corrected chi connectivity index (χ3v) is 2.00. The largest absolute Gasteiger partial charge is 0.507 e. The monoisotopic (exact) mass is 201 g/mol. The summed E-state index contributed by atoms with van der Waals surface area (Å²) in [5.41, 5.74) is 0.631. The van der Waals surface area contributed by atoms with Gasteiger partial charge >= 0.3 is 0 Å². The summed E-state index contributed by atoms with van der Waals surface area (Å²) in [5, 5.41) is 9.65. The van der Waals surface area contributed by atoms with E-state index in [1.165, 1.54) is 0 Å². The number of para-hydroxylation sites is 1. The lowest BCUT2D eigenvalue weighted by Crippen LogP contribution is -1.98. The molecule has 2 aromatic rings. The molecule has 0 atom stereocenters. The Bertz CT molecular complexity index is 477. The van der Waals surface area contributed by atoms with Crippen molar-refractivity contribution in [3.63, 3.8) is 0 Å². The third-order valence-electron chi connectivity index (χ3n) is 2.00. The highest BCUT2D eigenvalue weighted by atomic mass is 16.3. The number of nitrogens with zero attached hydrogens (tertiary/aromatic N) is 3. The summed E-state index contributed by atoms with van der Waals surface area (Å²) in [7, 11) is 0. The molecule has 0 amide bonds. The Labute approximate surface area is 87.7 Å². The Morgan fingerprint density at radius 2 is 1.53 bits per heavy atom. The lowest BCUT2D eigenvalue weighted by Gasteiger charge is -2.04. The Morgan fingerprint density at radius 3 is 2.13 bits per heavy atom. The summed E-state index contributed by atoms with van der Waals surface area (Å²) >= 11 is 0. The van der Waals surface area contributed by atoms with Crippen LogP contribution in [0.15, 0.2) is 24.3 Å². The van der Waals surface area contributed by atoms with Crippen molar-refractivity contribution < 1.29 is 5.11 Å². The van der Waals surface area contributed by atoms with E-state index < -0.39 is 0 Å². The van der Waals surface area contributed by atoms with Crippen molar-refractivity contribution >= 4 is 0 Å². The molecule has 1 N–H and O–H groups in total. The van der Waals surface area contributed by atoms with Crippen LogP contribution in [0, 0.1) is 13.8 Å². The van der Waals surface area contributed by atoms with Gasteiger partial charge in [0.1, 0.15) is 17.4 Å². The van der Waals surface area contributed by atoms with Crippen LogP contribution in [0.3, 0.4) is 0 Å². The molecule has 1 heterocycles. The minimum atomic E-state index is 0.183. The molecule has 0 aliphatic rings.